The van der Waals surface area contributed by atoms with Gasteiger partial charge in [-0.1, -0.05) is 0 Å². The molecule has 0 aromatic heterocycles. The Hall–Kier alpha value is -1.81. The molecule has 0 bridgehead atoms. The van der Waals surface area contributed by atoms with Crippen molar-refractivity contribution in [3.63, 3.8) is 0 Å². The minimum absolute atomic E-state index is 0.146. The highest BCUT2D eigenvalue weighted by Gasteiger charge is 2.28. The second kappa shape index (κ2) is 6.31. The number of carbonyl (C=O) groups is 1. The average Bonchev–Trinajstić information content (AvgIpc) is 2.35. The molecule has 21 heavy (non-hydrogen) atoms. The Kier molecular flexibility index (Phi) is 5.18. The molecule has 0 saturated heterocycles. The van der Waals surface area contributed by atoms with Crippen LogP contribution in [0.25, 0.3) is 0 Å². The molecule has 0 saturated carbocycles. The molecule has 0 radical (unpaired) electrons. The maximum atomic E-state index is 12.0. The summed E-state index contributed by atoms with van der Waals surface area (Å²) in [6.07, 6.45) is -4.49. The molecule has 1 N–H and O–H groups in total. The molecule has 1 aromatic carbocycles. The van der Waals surface area contributed by atoms with Crippen LogP contribution in [-0.4, -0.2) is 50.2 Å². The molecule has 0 amide bonds. The summed E-state index contributed by atoms with van der Waals surface area (Å²) in [5.74, 6) is -1.47. The van der Waals surface area contributed by atoms with Gasteiger partial charge in [-0.3, -0.25) is 4.79 Å². The topological polar surface area (TPSA) is 83.9 Å². The van der Waals surface area contributed by atoms with Crippen LogP contribution in [0.5, 0.6) is 5.75 Å². The van der Waals surface area contributed by atoms with Gasteiger partial charge >= 0.3 is 12.1 Å². The molecule has 0 heterocycles. The van der Waals surface area contributed by atoms with Crippen LogP contribution in [0.1, 0.15) is 0 Å². The lowest BCUT2D eigenvalue weighted by Gasteiger charge is -2.15. The van der Waals surface area contributed by atoms with Gasteiger partial charge in [-0.25, -0.2) is 8.42 Å². The van der Waals surface area contributed by atoms with Crippen molar-refractivity contribution >= 4 is 16.0 Å². The minimum atomic E-state index is -4.49. The van der Waals surface area contributed by atoms with Gasteiger partial charge < -0.3 is 9.84 Å². The predicted molar refractivity (Wildman–Crippen MR) is 65.4 cm³/mol. The monoisotopic (exact) mass is 327 g/mol. The molecule has 0 unspecified atom stereocenters. The van der Waals surface area contributed by atoms with E-state index in [4.69, 9.17) is 5.11 Å². The Bertz CT molecular complexity index is 597. The summed E-state index contributed by atoms with van der Waals surface area (Å²) < 4.78 is 64.8. The summed E-state index contributed by atoms with van der Waals surface area (Å²) in [5, 5.41) is 8.55. The fourth-order valence-electron chi connectivity index (χ4n) is 1.33. The highest BCUT2D eigenvalue weighted by molar-refractivity contribution is 7.89. The Balaban J connectivity index is 2.84. The van der Waals surface area contributed by atoms with E-state index in [0.717, 1.165) is 31.3 Å². The van der Waals surface area contributed by atoms with Crippen LogP contribution in [0, 0.1) is 0 Å². The lowest BCUT2D eigenvalue weighted by Crippen LogP contribution is -2.32. The first-order valence-corrected chi connectivity index (χ1v) is 6.94. The number of benzene rings is 1. The zero-order chi connectivity index (χ0) is 16.3. The number of sulfonamides is 1. The van der Waals surface area contributed by atoms with Crippen LogP contribution in [-0.2, 0) is 14.8 Å². The molecule has 0 fully saturated rings. The number of aliphatic carboxylic acids is 1. The van der Waals surface area contributed by atoms with E-state index in [0.29, 0.717) is 4.31 Å². The van der Waals surface area contributed by atoms with Gasteiger partial charge in [0.15, 0.2) is 6.61 Å². The Labute approximate surface area is 118 Å². The van der Waals surface area contributed by atoms with Gasteiger partial charge in [0, 0.05) is 7.05 Å². The number of hydrogen-bond acceptors (Lipinski definition) is 4. The zero-order valence-electron chi connectivity index (χ0n) is 10.8. The highest BCUT2D eigenvalue weighted by atomic mass is 32.2. The first-order chi connectivity index (χ1) is 9.52. The predicted octanol–water partition coefficient (Wildman–Crippen LogP) is 1.33. The normalized spacial score (nSPS) is 12.4. The second-order valence-electron chi connectivity index (χ2n) is 4.03. The molecule has 0 aliphatic rings. The van der Waals surface area contributed by atoms with E-state index in [1.54, 1.807) is 0 Å². The number of ether oxygens (including phenoxy) is 1. The Morgan fingerprint density at radius 1 is 1.29 bits per heavy atom. The summed E-state index contributed by atoms with van der Waals surface area (Å²) in [4.78, 5) is 10.2. The maximum absolute atomic E-state index is 12.0. The minimum Gasteiger partial charge on any atom is -0.484 e. The molecule has 0 aliphatic carbocycles. The second-order valence-corrected chi connectivity index (χ2v) is 6.07. The first kappa shape index (κ1) is 17.2. The number of carboxylic acids is 1. The fraction of sp³-hybridized carbons (Fsp3) is 0.364. The average molecular weight is 327 g/mol. The van der Waals surface area contributed by atoms with Crippen LogP contribution in [0.4, 0.5) is 13.2 Å². The molecule has 0 atom stereocenters. The number of nitrogens with zero attached hydrogens (tertiary/aromatic N) is 1. The molecule has 6 nitrogen and oxygen atoms in total. The van der Waals surface area contributed by atoms with Gasteiger partial charge in [-0.05, 0) is 24.3 Å². The van der Waals surface area contributed by atoms with Gasteiger partial charge in [0.05, 0.1) is 4.90 Å². The largest absolute Gasteiger partial charge is 0.484 e. The molecular formula is C11H12F3NO5S. The van der Waals surface area contributed by atoms with Gasteiger partial charge in [-0.15, -0.1) is 0 Å². The van der Waals surface area contributed by atoms with E-state index in [-0.39, 0.29) is 10.6 Å². The molecule has 1 aromatic rings. The smallest absolute Gasteiger partial charge is 0.422 e. The van der Waals surface area contributed by atoms with Gasteiger partial charge in [-0.2, -0.15) is 17.5 Å². The number of alkyl halides is 3. The van der Waals surface area contributed by atoms with E-state index in [1.165, 1.54) is 0 Å². The maximum Gasteiger partial charge on any atom is 0.422 e. The van der Waals surface area contributed by atoms with Gasteiger partial charge in [0.1, 0.15) is 12.3 Å². The number of hydrogen-bond donors (Lipinski definition) is 1. The van der Waals surface area contributed by atoms with E-state index < -0.39 is 35.3 Å². The van der Waals surface area contributed by atoms with Crippen molar-refractivity contribution in [3.8, 4) is 5.75 Å². The molecule has 0 spiro atoms. The fourth-order valence-corrected chi connectivity index (χ4v) is 2.45. The lowest BCUT2D eigenvalue weighted by molar-refractivity contribution is -0.153. The van der Waals surface area contributed by atoms with Crippen molar-refractivity contribution in [2.24, 2.45) is 0 Å². The third-order valence-corrected chi connectivity index (χ3v) is 4.11. The van der Waals surface area contributed by atoms with Crippen LogP contribution in [0.3, 0.4) is 0 Å². The van der Waals surface area contributed by atoms with Crippen molar-refractivity contribution < 1.29 is 36.2 Å². The number of likely N-dealkylation sites (N-methyl/N-ethyl adjacent to an activating group) is 1. The third-order valence-electron chi connectivity index (χ3n) is 2.29. The van der Waals surface area contributed by atoms with E-state index in [2.05, 4.69) is 4.74 Å². The summed E-state index contributed by atoms with van der Waals surface area (Å²) in [6, 6.07) is 4.21. The van der Waals surface area contributed by atoms with Crippen molar-refractivity contribution in [2.75, 3.05) is 20.2 Å². The van der Waals surface area contributed by atoms with Crippen molar-refractivity contribution in [1.29, 1.82) is 0 Å². The highest BCUT2D eigenvalue weighted by Crippen LogP contribution is 2.21. The summed E-state index contributed by atoms with van der Waals surface area (Å²) in [6.45, 7) is -2.22. The first-order valence-electron chi connectivity index (χ1n) is 5.50. The van der Waals surface area contributed by atoms with E-state index in [1.807, 2.05) is 0 Å². The molecule has 0 aliphatic heterocycles. The van der Waals surface area contributed by atoms with Gasteiger partial charge in [0.25, 0.3) is 0 Å². The zero-order valence-corrected chi connectivity index (χ0v) is 11.6. The lowest BCUT2D eigenvalue weighted by atomic mass is 10.3. The molecule has 1 rings (SSSR count). The number of carboxylic acid groups (broad SMARTS) is 1. The molecule has 118 valence electrons. The van der Waals surface area contributed by atoms with Crippen molar-refractivity contribution in [2.45, 2.75) is 11.1 Å². The molecular weight excluding hydrogens is 315 g/mol. The van der Waals surface area contributed by atoms with E-state index in [9.17, 15) is 26.4 Å². The summed E-state index contributed by atoms with van der Waals surface area (Å²) in [5.41, 5.74) is 0. The quantitative estimate of drug-likeness (QED) is 0.852. The van der Waals surface area contributed by atoms with Crippen molar-refractivity contribution in [3.05, 3.63) is 24.3 Å². The van der Waals surface area contributed by atoms with Crippen LogP contribution < -0.4 is 4.74 Å². The summed E-state index contributed by atoms with van der Waals surface area (Å²) in [7, 11) is -2.94. The van der Waals surface area contributed by atoms with Crippen LogP contribution >= 0.6 is 0 Å². The van der Waals surface area contributed by atoms with Crippen LogP contribution in [0.2, 0.25) is 0 Å². The third kappa shape index (κ3) is 5.23. The standard InChI is InChI=1S/C11H12F3NO5S/c1-15(6-10(16)17)21(18,19)9-4-2-8(3-5-9)20-7-11(12,13)14/h2-5H,6-7H2,1H3,(H,16,17). The molecule has 10 heteroatoms. The SMILES string of the molecule is CN(CC(=O)O)S(=O)(=O)c1ccc(OCC(F)(F)F)cc1. The van der Waals surface area contributed by atoms with Crippen molar-refractivity contribution in [1.82, 2.24) is 4.31 Å². The Morgan fingerprint density at radius 2 is 1.81 bits per heavy atom. The van der Waals surface area contributed by atoms with E-state index >= 15 is 0 Å². The Morgan fingerprint density at radius 3 is 2.24 bits per heavy atom. The number of halogens is 3. The number of rotatable bonds is 6. The van der Waals surface area contributed by atoms with Crippen LogP contribution in [0.15, 0.2) is 29.2 Å². The summed E-state index contributed by atoms with van der Waals surface area (Å²) >= 11 is 0. The van der Waals surface area contributed by atoms with Gasteiger partial charge in [0.2, 0.25) is 10.0 Å².